The van der Waals surface area contributed by atoms with E-state index in [0.717, 1.165) is 56.1 Å². The average molecular weight is 378 g/mol. The normalized spacial score (nSPS) is 17.0. The van der Waals surface area contributed by atoms with E-state index < -0.39 is 0 Å². The minimum absolute atomic E-state index is 0.138. The van der Waals surface area contributed by atoms with E-state index in [-0.39, 0.29) is 5.91 Å². The van der Waals surface area contributed by atoms with Gasteiger partial charge < -0.3 is 10.2 Å². The zero-order valence-corrected chi connectivity index (χ0v) is 16.1. The van der Waals surface area contributed by atoms with Crippen molar-refractivity contribution in [3.63, 3.8) is 0 Å². The molecule has 2 aliphatic rings. The molecule has 7 heteroatoms. The first-order valence-corrected chi connectivity index (χ1v) is 10.2. The van der Waals surface area contributed by atoms with Crippen LogP contribution in [0.1, 0.15) is 55.5 Å². The SMILES string of the molecule is N#Cc1ccc(N2CCCn3nc(CCC(=O)NC4CCCC4)cc3C2)nc1. The van der Waals surface area contributed by atoms with Crippen molar-refractivity contribution in [1.29, 1.82) is 5.26 Å². The van der Waals surface area contributed by atoms with Crippen molar-refractivity contribution in [1.82, 2.24) is 20.1 Å². The molecule has 0 saturated heterocycles. The minimum atomic E-state index is 0.138. The number of pyridine rings is 1. The van der Waals surface area contributed by atoms with Crippen LogP contribution in [0, 0.1) is 11.3 Å². The van der Waals surface area contributed by atoms with Gasteiger partial charge in [-0.3, -0.25) is 9.48 Å². The lowest BCUT2D eigenvalue weighted by Crippen LogP contribution is -2.32. The van der Waals surface area contributed by atoms with Gasteiger partial charge in [-0.2, -0.15) is 10.4 Å². The topological polar surface area (TPSA) is 86.8 Å². The predicted octanol–water partition coefficient (Wildman–Crippen LogP) is 2.55. The molecule has 0 aromatic carbocycles. The predicted molar refractivity (Wildman–Crippen MR) is 106 cm³/mol. The van der Waals surface area contributed by atoms with Crippen LogP contribution in [0.4, 0.5) is 5.82 Å². The molecular weight excluding hydrogens is 352 g/mol. The highest BCUT2D eigenvalue weighted by atomic mass is 16.1. The Bertz CT molecular complexity index is 860. The maximum absolute atomic E-state index is 12.2. The van der Waals surface area contributed by atoms with Gasteiger partial charge in [0.25, 0.3) is 0 Å². The molecule has 1 aliphatic carbocycles. The maximum Gasteiger partial charge on any atom is 0.220 e. The molecule has 3 heterocycles. The van der Waals surface area contributed by atoms with Crippen LogP contribution >= 0.6 is 0 Å². The van der Waals surface area contributed by atoms with E-state index in [2.05, 4.69) is 32.0 Å². The van der Waals surface area contributed by atoms with E-state index in [0.29, 0.717) is 24.4 Å². The molecule has 4 rings (SSSR count). The summed E-state index contributed by atoms with van der Waals surface area (Å²) in [6.07, 6.45) is 8.45. The number of fused-ring (bicyclic) bond motifs is 1. The van der Waals surface area contributed by atoms with Crippen LogP contribution < -0.4 is 10.2 Å². The average Bonchev–Trinajstić information content (AvgIpc) is 3.31. The number of nitrogens with one attached hydrogen (secondary N) is 1. The van der Waals surface area contributed by atoms with Gasteiger partial charge in [-0.05, 0) is 37.5 Å². The number of carbonyl (C=O) groups is 1. The summed E-state index contributed by atoms with van der Waals surface area (Å²) in [5.74, 6) is 1.02. The lowest BCUT2D eigenvalue weighted by Gasteiger charge is -2.20. The molecule has 2 aromatic heterocycles. The first kappa shape index (κ1) is 18.5. The van der Waals surface area contributed by atoms with Crippen LogP contribution in [-0.4, -0.2) is 33.3 Å². The standard InChI is InChI=1S/C21H26N6O/c22-13-16-6-8-20(23-14-16)26-10-3-11-27-19(15-26)12-18(25-27)7-9-21(28)24-17-4-1-2-5-17/h6,8,12,14,17H,1-5,7,9-11,15H2,(H,24,28). The van der Waals surface area contributed by atoms with E-state index >= 15 is 0 Å². The first-order valence-electron chi connectivity index (χ1n) is 10.2. The van der Waals surface area contributed by atoms with Gasteiger partial charge in [-0.15, -0.1) is 0 Å². The van der Waals surface area contributed by atoms with Crippen LogP contribution in [0.5, 0.6) is 0 Å². The van der Waals surface area contributed by atoms with Crippen LogP contribution in [0.15, 0.2) is 24.4 Å². The second-order valence-electron chi connectivity index (χ2n) is 7.69. The Labute approximate surface area is 165 Å². The molecule has 0 spiro atoms. The number of nitrogens with zero attached hydrogens (tertiary/aromatic N) is 5. The number of hydrogen-bond acceptors (Lipinski definition) is 5. The van der Waals surface area contributed by atoms with Crippen molar-refractivity contribution in [3.05, 3.63) is 41.3 Å². The van der Waals surface area contributed by atoms with Crippen LogP contribution in [-0.2, 0) is 24.3 Å². The summed E-state index contributed by atoms with van der Waals surface area (Å²) in [5, 5.41) is 16.8. The monoisotopic (exact) mass is 378 g/mol. The first-order chi connectivity index (χ1) is 13.7. The second kappa shape index (κ2) is 8.42. The Hall–Kier alpha value is -2.88. The van der Waals surface area contributed by atoms with E-state index in [1.165, 1.54) is 12.8 Å². The second-order valence-corrected chi connectivity index (χ2v) is 7.69. The van der Waals surface area contributed by atoms with Gasteiger partial charge in [0.1, 0.15) is 11.9 Å². The lowest BCUT2D eigenvalue weighted by molar-refractivity contribution is -0.121. The molecule has 1 amide bonds. The summed E-state index contributed by atoms with van der Waals surface area (Å²) in [7, 11) is 0. The van der Waals surface area contributed by atoms with Crippen molar-refractivity contribution in [2.75, 3.05) is 11.4 Å². The fourth-order valence-electron chi connectivity index (χ4n) is 4.09. The molecular formula is C21H26N6O. The molecule has 0 bridgehead atoms. The summed E-state index contributed by atoms with van der Waals surface area (Å²) in [5.41, 5.74) is 2.70. The molecule has 7 nitrogen and oxygen atoms in total. The minimum Gasteiger partial charge on any atom is -0.353 e. The maximum atomic E-state index is 12.2. The van der Waals surface area contributed by atoms with Crippen LogP contribution in [0.2, 0.25) is 0 Å². The summed E-state index contributed by atoms with van der Waals surface area (Å²) in [6, 6.07) is 8.30. The Morgan fingerprint density at radius 2 is 2.11 bits per heavy atom. The van der Waals surface area contributed by atoms with Crippen molar-refractivity contribution in [3.8, 4) is 6.07 Å². The molecule has 0 atom stereocenters. The number of hydrogen-bond donors (Lipinski definition) is 1. The molecule has 28 heavy (non-hydrogen) atoms. The Kier molecular flexibility index (Phi) is 5.56. The van der Waals surface area contributed by atoms with Crippen LogP contribution in [0.25, 0.3) is 0 Å². The number of nitriles is 1. The lowest BCUT2D eigenvalue weighted by atomic mass is 10.2. The number of anilines is 1. The third-order valence-electron chi connectivity index (χ3n) is 5.59. The van der Waals surface area contributed by atoms with Gasteiger partial charge in [-0.25, -0.2) is 4.98 Å². The molecule has 1 aliphatic heterocycles. The zero-order valence-electron chi connectivity index (χ0n) is 16.1. The fourth-order valence-corrected chi connectivity index (χ4v) is 4.09. The summed E-state index contributed by atoms with van der Waals surface area (Å²) in [4.78, 5) is 18.8. The molecule has 146 valence electrons. The number of aryl methyl sites for hydroxylation is 2. The van der Waals surface area contributed by atoms with Gasteiger partial charge in [0.15, 0.2) is 0 Å². The number of aromatic nitrogens is 3. The van der Waals surface area contributed by atoms with Gasteiger partial charge in [-0.1, -0.05) is 12.8 Å². The van der Waals surface area contributed by atoms with Gasteiger partial charge in [0.05, 0.1) is 23.5 Å². The van der Waals surface area contributed by atoms with E-state index in [1.807, 2.05) is 6.07 Å². The number of carbonyl (C=O) groups excluding carboxylic acids is 1. The number of rotatable bonds is 5. The van der Waals surface area contributed by atoms with E-state index in [1.54, 1.807) is 12.3 Å². The van der Waals surface area contributed by atoms with Crippen LogP contribution in [0.3, 0.4) is 0 Å². The van der Waals surface area contributed by atoms with Crippen molar-refractivity contribution >= 4 is 11.7 Å². The van der Waals surface area contributed by atoms with Crippen molar-refractivity contribution in [2.45, 2.75) is 64.1 Å². The van der Waals surface area contributed by atoms with Crippen molar-refractivity contribution in [2.24, 2.45) is 0 Å². The Morgan fingerprint density at radius 1 is 1.25 bits per heavy atom. The summed E-state index contributed by atoms with van der Waals surface area (Å²) >= 11 is 0. The van der Waals surface area contributed by atoms with Crippen molar-refractivity contribution < 1.29 is 4.79 Å². The molecule has 2 aromatic rings. The Balaban J connectivity index is 1.37. The zero-order chi connectivity index (χ0) is 19.3. The number of amides is 1. The highest BCUT2D eigenvalue weighted by Crippen LogP contribution is 2.21. The molecule has 1 saturated carbocycles. The summed E-state index contributed by atoms with van der Waals surface area (Å²) in [6.45, 7) is 2.51. The molecule has 0 unspecified atom stereocenters. The summed E-state index contributed by atoms with van der Waals surface area (Å²) < 4.78 is 2.06. The Morgan fingerprint density at radius 3 is 2.86 bits per heavy atom. The third kappa shape index (κ3) is 4.33. The van der Waals surface area contributed by atoms with Gasteiger partial charge in [0.2, 0.25) is 5.91 Å². The van der Waals surface area contributed by atoms with E-state index in [9.17, 15) is 4.79 Å². The van der Waals surface area contributed by atoms with Gasteiger partial charge in [0, 0.05) is 38.2 Å². The quantitative estimate of drug-likeness (QED) is 0.864. The highest BCUT2D eigenvalue weighted by Gasteiger charge is 2.20. The third-order valence-corrected chi connectivity index (χ3v) is 5.59. The largest absolute Gasteiger partial charge is 0.353 e. The smallest absolute Gasteiger partial charge is 0.220 e. The molecule has 1 N–H and O–H groups in total. The highest BCUT2D eigenvalue weighted by molar-refractivity contribution is 5.76. The van der Waals surface area contributed by atoms with Gasteiger partial charge >= 0.3 is 0 Å². The van der Waals surface area contributed by atoms with E-state index in [4.69, 9.17) is 10.4 Å². The fraction of sp³-hybridized carbons (Fsp3) is 0.524. The molecule has 0 radical (unpaired) electrons. The molecule has 1 fully saturated rings.